The predicted molar refractivity (Wildman–Crippen MR) is 83.4 cm³/mol. The zero-order valence-corrected chi connectivity index (χ0v) is 13.0. The molecule has 0 unspecified atom stereocenters. The Balaban J connectivity index is 0.00000200. The van der Waals surface area contributed by atoms with E-state index < -0.39 is 0 Å². The maximum absolute atomic E-state index is 5.22. The monoisotopic (exact) mass is 295 g/mol. The van der Waals surface area contributed by atoms with Crippen molar-refractivity contribution in [3.63, 3.8) is 0 Å². The van der Waals surface area contributed by atoms with E-state index in [2.05, 4.69) is 42.6 Å². The standard InChI is InChI=1S/C15H21N3O.ClH/c1-4-18-11-14(12(2)17-18)10-16-9-13-6-5-7-15(8-13)19-3;/h5-8,11,16H,4,9-10H2,1-3H3;1H. The van der Waals surface area contributed by atoms with Gasteiger partial charge < -0.3 is 10.1 Å². The zero-order chi connectivity index (χ0) is 13.7. The van der Waals surface area contributed by atoms with E-state index in [1.807, 2.05) is 16.8 Å². The van der Waals surface area contributed by atoms with Crippen LogP contribution < -0.4 is 10.1 Å². The van der Waals surface area contributed by atoms with Crippen molar-refractivity contribution >= 4 is 12.4 Å². The summed E-state index contributed by atoms with van der Waals surface area (Å²) in [6.45, 7) is 6.72. The molecule has 0 amide bonds. The fourth-order valence-electron chi connectivity index (χ4n) is 2.02. The number of benzene rings is 1. The van der Waals surface area contributed by atoms with Crippen molar-refractivity contribution < 1.29 is 4.74 Å². The summed E-state index contributed by atoms with van der Waals surface area (Å²) in [5, 5.41) is 7.88. The Hall–Kier alpha value is -1.52. The van der Waals surface area contributed by atoms with Gasteiger partial charge in [0.15, 0.2) is 0 Å². The number of rotatable bonds is 6. The lowest BCUT2D eigenvalue weighted by Crippen LogP contribution is -2.12. The molecule has 0 bridgehead atoms. The molecule has 0 atom stereocenters. The number of halogens is 1. The summed E-state index contributed by atoms with van der Waals surface area (Å²) >= 11 is 0. The minimum Gasteiger partial charge on any atom is -0.497 e. The average molecular weight is 296 g/mol. The Labute approximate surface area is 126 Å². The second kappa shape index (κ2) is 7.92. The van der Waals surface area contributed by atoms with Crippen molar-refractivity contribution in [3.8, 4) is 5.75 Å². The van der Waals surface area contributed by atoms with Crippen LogP contribution in [0, 0.1) is 6.92 Å². The van der Waals surface area contributed by atoms with E-state index >= 15 is 0 Å². The molecule has 1 heterocycles. The van der Waals surface area contributed by atoms with Gasteiger partial charge in [0, 0.05) is 31.4 Å². The summed E-state index contributed by atoms with van der Waals surface area (Å²) in [6.07, 6.45) is 2.11. The molecular formula is C15H22ClN3O. The van der Waals surface area contributed by atoms with Crippen LogP contribution in [0.5, 0.6) is 5.75 Å². The quantitative estimate of drug-likeness (QED) is 0.890. The normalized spacial score (nSPS) is 10.2. The van der Waals surface area contributed by atoms with Gasteiger partial charge in [0.1, 0.15) is 5.75 Å². The van der Waals surface area contributed by atoms with Crippen molar-refractivity contribution in [1.82, 2.24) is 15.1 Å². The van der Waals surface area contributed by atoms with E-state index in [9.17, 15) is 0 Å². The molecule has 0 fully saturated rings. The first-order valence-corrected chi connectivity index (χ1v) is 6.59. The summed E-state index contributed by atoms with van der Waals surface area (Å²) < 4.78 is 7.19. The van der Waals surface area contributed by atoms with Crippen LogP contribution in [0.25, 0.3) is 0 Å². The molecule has 0 aliphatic heterocycles. The number of nitrogens with one attached hydrogen (secondary N) is 1. The lowest BCUT2D eigenvalue weighted by atomic mass is 10.2. The van der Waals surface area contributed by atoms with E-state index in [0.717, 1.165) is 31.1 Å². The fourth-order valence-corrected chi connectivity index (χ4v) is 2.02. The van der Waals surface area contributed by atoms with Crippen molar-refractivity contribution in [2.45, 2.75) is 33.5 Å². The number of aryl methyl sites for hydroxylation is 2. The first-order valence-electron chi connectivity index (χ1n) is 6.59. The molecule has 2 rings (SSSR count). The number of ether oxygens (including phenoxy) is 1. The van der Waals surface area contributed by atoms with Crippen LogP contribution in [-0.2, 0) is 19.6 Å². The second-order valence-corrected chi connectivity index (χ2v) is 4.55. The highest BCUT2D eigenvalue weighted by Crippen LogP contribution is 2.12. The Morgan fingerprint density at radius 2 is 2.10 bits per heavy atom. The number of nitrogens with zero attached hydrogens (tertiary/aromatic N) is 2. The third-order valence-corrected chi connectivity index (χ3v) is 3.15. The molecular weight excluding hydrogens is 274 g/mol. The van der Waals surface area contributed by atoms with Crippen LogP contribution in [0.3, 0.4) is 0 Å². The lowest BCUT2D eigenvalue weighted by Gasteiger charge is -2.06. The third kappa shape index (κ3) is 4.25. The Morgan fingerprint density at radius 3 is 2.75 bits per heavy atom. The maximum atomic E-state index is 5.22. The van der Waals surface area contributed by atoms with Crippen molar-refractivity contribution in [2.75, 3.05) is 7.11 Å². The largest absolute Gasteiger partial charge is 0.497 e. The molecule has 0 radical (unpaired) electrons. The first-order chi connectivity index (χ1) is 9.22. The summed E-state index contributed by atoms with van der Waals surface area (Å²) in [5.74, 6) is 0.897. The number of methoxy groups -OCH3 is 1. The third-order valence-electron chi connectivity index (χ3n) is 3.15. The van der Waals surface area contributed by atoms with E-state index in [1.54, 1.807) is 7.11 Å². The highest BCUT2D eigenvalue weighted by molar-refractivity contribution is 5.85. The van der Waals surface area contributed by atoms with Gasteiger partial charge in [-0.2, -0.15) is 5.10 Å². The van der Waals surface area contributed by atoms with Gasteiger partial charge in [0.05, 0.1) is 12.8 Å². The molecule has 2 aromatic rings. The van der Waals surface area contributed by atoms with E-state index in [-0.39, 0.29) is 12.4 Å². The van der Waals surface area contributed by atoms with Crippen LogP contribution in [0.4, 0.5) is 0 Å². The van der Waals surface area contributed by atoms with Gasteiger partial charge >= 0.3 is 0 Å². The molecule has 0 saturated carbocycles. The Morgan fingerprint density at radius 1 is 1.30 bits per heavy atom. The second-order valence-electron chi connectivity index (χ2n) is 4.55. The van der Waals surface area contributed by atoms with Crippen LogP contribution in [0.15, 0.2) is 30.5 Å². The summed E-state index contributed by atoms with van der Waals surface area (Å²) in [7, 11) is 1.69. The minimum absolute atomic E-state index is 0. The molecule has 0 spiro atoms. The minimum atomic E-state index is 0. The van der Waals surface area contributed by atoms with E-state index in [0.29, 0.717) is 0 Å². The van der Waals surface area contributed by atoms with Gasteiger partial charge in [-0.25, -0.2) is 0 Å². The molecule has 0 saturated heterocycles. The van der Waals surface area contributed by atoms with Gasteiger partial charge in [-0.05, 0) is 31.5 Å². The molecule has 5 heteroatoms. The van der Waals surface area contributed by atoms with Gasteiger partial charge in [-0.1, -0.05) is 12.1 Å². The Bertz CT molecular complexity index is 540. The molecule has 4 nitrogen and oxygen atoms in total. The molecule has 110 valence electrons. The number of aromatic nitrogens is 2. The van der Waals surface area contributed by atoms with Gasteiger partial charge in [0.2, 0.25) is 0 Å². The smallest absolute Gasteiger partial charge is 0.119 e. The van der Waals surface area contributed by atoms with Gasteiger partial charge in [0.25, 0.3) is 0 Å². The highest BCUT2D eigenvalue weighted by atomic mass is 35.5. The van der Waals surface area contributed by atoms with Crippen LogP contribution in [-0.4, -0.2) is 16.9 Å². The zero-order valence-electron chi connectivity index (χ0n) is 12.2. The SMILES string of the molecule is CCn1cc(CNCc2cccc(OC)c2)c(C)n1.Cl. The van der Waals surface area contributed by atoms with Crippen LogP contribution in [0.1, 0.15) is 23.7 Å². The van der Waals surface area contributed by atoms with Crippen LogP contribution >= 0.6 is 12.4 Å². The van der Waals surface area contributed by atoms with Crippen LogP contribution in [0.2, 0.25) is 0 Å². The molecule has 1 aromatic heterocycles. The number of hydrogen-bond acceptors (Lipinski definition) is 3. The van der Waals surface area contributed by atoms with E-state index in [1.165, 1.54) is 11.1 Å². The number of hydrogen-bond donors (Lipinski definition) is 1. The summed E-state index contributed by atoms with van der Waals surface area (Å²) in [6, 6.07) is 8.11. The fraction of sp³-hybridized carbons (Fsp3) is 0.400. The predicted octanol–water partition coefficient (Wildman–Crippen LogP) is 2.93. The van der Waals surface area contributed by atoms with Crippen molar-refractivity contribution in [3.05, 3.63) is 47.3 Å². The Kier molecular flexibility index (Phi) is 6.55. The average Bonchev–Trinajstić information content (AvgIpc) is 2.80. The topological polar surface area (TPSA) is 39.1 Å². The van der Waals surface area contributed by atoms with Gasteiger partial charge in [-0.3, -0.25) is 4.68 Å². The highest BCUT2D eigenvalue weighted by Gasteiger charge is 2.03. The summed E-state index contributed by atoms with van der Waals surface area (Å²) in [5.41, 5.74) is 3.57. The lowest BCUT2D eigenvalue weighted by molar-refractivity contribution is 0.414. The maximum Gasteiger partial charge on any atom is 0.119 e. The van der Waals surface area contributed by atoms with E-state index in [4.69, 9.17) is 4.74 Å². The summed E-state index contributed by atoms with van der Waals surface area (Å²) in [4.78, 5) is 0. The molecule has 1 aromatic carbocycles. The van der Waals surface area contributed by atoms with Crippen molar-refractivity contribution in [2.24, 2.45) is 0 Å². The first kappa shape index (κ1) is 16.5. The van der Waals surface area contributed by atoms with Gasteiger partial charge in [-0.15, -0.1) is 12.4 Å². The molecule has 20 heavy (non-hydrogen) atoms. The molecule has 0 aliphatic rings. The van der Waals surface area contributed by atoms with Crippen molar-refractivity contribution in [1.29, 1.82) is 0 Å². The molecule has 0 aliphatic carbocycles. The molecule has 1 N–H and O–H groups in total.